The number of ketones is 2. The molecule has 8 fully saturated rings. The fraction of sp³-hybridized carbons (Fsp3) is 0.855. The van der Waals surface area contributed by atoms with Crippen molar-refractivity contribution >= 4 is 23.5 Å². The quantitative estimate of drug-likeness (QED) is 0.0919. The van der Waals surface area contributed by atoms with Crippen molar-refractivity contribution in [2.24, 2.45) is 71.0 Å². The summed E-state index contributed by atoms with van der Waals surface area (Å²) < 4.78 is 99.3. The molecular formula is C83H132N2O20. The monoisotopic (exact) mass is 1480 g/mol. The van der Waals surface area contributed by atoms with Crippen molar-refractivity contribution < 1.29 is 95.0 Å². The molecule has 0 radical (unpaired) electrons. The van der Waals surface area contributed by atoms with Gasteiger partial charge in [0.05, 0.1) is 61.7 Å². The molecule has 22 nitrogen and oxygen atoms in total. The minimum absolute atomic E-state index is 0.0364. The summed E-state index contributed by atoms with van der Waals surface area (Å²) in [7, 11) is 18.3. The molecule has 0 spiro atoms. The average molecular weight is 1480 g/mol. The van der Waals surface area contributed by atoms with Crippen LogP contribution in [0.2, 0.25) is 0 Å². The van der Waals surface area contributed by atoms with Crippen molar-refractivity contribution in [2.45, 2.75) is 313 Å². The molecule has 0 aromatic carbocycles. The number of likely N-dealkylation sites (N-methyl/N-ethyl adjacent to an activating group) is 2. The summed E-state index contributed by atoms with van der Waals surface area (Å²) in [6, 6.07) is 0.676. The van der Waals surface area contributed by atoms with E-state index in [1.165, 1.54) is 5.57 Å². The van der Waals surface area contributed by atoms with Crippen molar-refractivity contribution in [3.63, 3.8) is 0 Å². The number of hydrogen-bond acceptors (Lipinski definition) is 22. The largest absolute Gasteiger partial charge is 0.462 e. The molecule has 6 aliphatic heterocycles. The Hall–Kier alpha value is -3.40. The standard InChI is InChI=1S/C42H67NO10.C41H65NO10/c1-11-26-13-12-14-35(53-37-16-15-34(43(6)7)24(4)49-37)23(3)38(45)33-20-31-29(32(33)21-36(44)51-26)17-22(2)28-18-27(19-30(28)31)52-42-41(48-10)40(47-9)39(46-8)25(5)50-42;1-10-26-12-11-13-34(52-36-17-16-33(42(5)6)23(3)48-36)22(2)37(44)32-20-30-28(31(32)21-35(43)50-26)15-14-25-18-27(19-29(25)30)51-41-40(47-9)39(46-8)38(45-7)24(4)49-41/h17,20,23-32,34-35,37,39-42H,11-16,18-19,21H2,1-10H3;14-15,20,22-31,33-34,36,38-41H,10-13,16-19,21H2,1-9H3/t23?,24-,25+,26?,27-,28+,29-,30-,31-,32+,34?,35+,37+,39+,40-,41-,42+;22?,23-,24+,25-,26?,27-,28-,29-,30-,31+,33?,34+,36+,38+,39-,40-,41+/m11/s1. The highest BCUT2D eigenvalue weighted by Crippen LogP contribution is 2.58. The summed E-state index contributed by atoms with van der Waals surface area (Å²) >= 11 is 0. The Morgan fingerprint density at radius 2 is 0.857 bits per heavy atom. The maximum Gasteiger partial charge on any atom is 0.306 e. The van der Waals surface area contributed by atoms with Gasteiger partial charge in [-0.15, -0.1) is 0 Å². The smallest absolute Gasteiger partial charge is 0.306 e. The number of methoxy groups -OCH3 is 6. The second-order valence-electron chi connectivity index (χ2n) is 33.5. The van der Waals surface area contributed by atoms with Gasteiger partial charge in [0.1, 0.15) is 48.8 Å². The second-order valence-corrected chi connectivity index (χ2v) is 33.5. The van der Waals surface area contributed by atoms with Gasteiger partial charge in [0.25, 0.3) is 0 Å². The molecule has 0 bridgehead atoms. The number of rotatable bonds is 18. The van der Waals surface area contributed by atoms with Crippen LogP contribution in [-0.4, -0.2) is 239 Å². The topological polar surface area (TPSA) is 222 Å². The van der Waals surface area contributed by atoms with Crippen LogP contribution in [0.15, 0.2) is 47.1 Å². The molecule has 12 rings (SSSR count). The zero-order valence-corrected chi connectivity index (χ0v) is 66.8. The van der Waals surface area contributed by atoms with E-state index >= 15 is 0 Å². The molecule has 6 saturated heterocycles. The van der Waals surface area contributed by atoms with Crippen LogP contribution in [0.5, 0.6) is 0 Å². The molecule has 0 aromatic rings. The van der Waals surface area contributed by atoms with E-state index in [1.54, 1.807) is 42.7 Å². The van der Waals surface area contributed by atoms with Crippen LogP contribution in [0.3, 0.4) is 0 Å². The number of carbonyl (C=O) groups excluding carboxylic acids is 4. The maximum absolute atomic E-state index is 14.7. The average Bonchev–Trinajstić information content (AvgIpc) is 1.59. The van der Waals surface area contributed by atoms with E-state index in [9.17, 15) is 19.2 Å². The minimum Gasteiger partial charge on any atom is -0.462 e. The highest BCUT2D eigenvalue weighted by atomic mass is 16.7. The number of Topliss-reactive ketones (excluding diaryl/α,β-unsaturated/α-hetero) is 2. The molecule has 0 N–H and O–H groups in total. The lowest BCUT2D eigenvalue weighted by atomic mass is 9.67. The van der Waals surface area contributed by atoms with Gasteiger partial charge in [-0.3, -0.25) is 19.2 Å². The van der Waals surface area contributed by atoms with Crippen molar-refractivity contribution in [1.82, 2.24) is 9.80 Å². The van der Waals surface area contributed by atoms with Gasteiger partial charge in [0.2, 0.25) is 0 Å². The van der Waals surface area contributed by atoms with Crippen molar-refractivity contribution in [3.8, 4) is 0 Å². The van der Waals surface area contributed by atoms with Crippen LogP contribution >= 0.6 is 0 Å². The predicted molar refractivity (Wildman–Crippen MR) is 393 cm³/mol. The van der Waals surface area contributed by atoms with E-state index in [0.29, 0.717) is 36.8 Å². The molecular weight excluding hydrogens is 1340 g/mol. The lowest BCUT2D eigenvalue weighted by Gasteiger charge is -2.44. The van der Waals surface area contributed by atoms with E-state index in [2.05, 4.69) is 103 Å². The van der Waals surface area contributed by atoms with Gasteiger partial charge in [0, 0.05) is 78.4 Å². The Labute approximate surface area is 627 Å². The van der Waals surface area contributed by atoms with E-state index in [1.807, 2.05) is 27.7 Å². The fourth-order valence-corrected chi connectivity index (χ4v) is 21.2. The van der Waals surface area contributed by atoms with Crippen LogP contribution in [0, 0.1) is 71.0 Å². The number of carbonyl (C=O) groups is 4. The normalized spacial score (nSPS) is 45.5. The summed E-state index contributed by atoms with van der Waals surface area (Å²) in [6.45, 7) is 18.6. The van der Waals surface area contributed by atoms with Crippen molar-refractivity contribution in [1.29, 1.82) is 0 Å². The predicted octanol–water partition coefficient (Wildman–Crippen LogP) is 11.4. The Bertz CT molecular complexity index is 3010. The van der Waals surface area contributed by atoms with Crippen LogP contribution in [0.4, 0.5) is 0 Å². The Morgan fingerprint density at radius 3 is 1.29 bits per heavy atom. The third-order valence-electron chi connectivity index (χ3n) is 26.9. The van der Waals surface area contributed by atoms with Gasteiger partial charge in [-0.05, 0) is 224 Å². The lowest BCUT2D eigenvalue weighted by Crippen LogP contribution is -2.59. The van der Waals surface area contributed by atoms with Crippen LogP contribution < -0.4 is 0 Å². The van der Waals surface area contributed by atoms with Gasteiger partial charge >= 0.3 is 11.9 Å². The zero-order chi connectivity index (χ0) is 75.4. The van der Waals surface area contributed by atoms with Gasteiger partial charge in [-0.2, -0.15) is 0 Å². The molecule has 12 aliphatic rings. The number of fused-ring (bicyclic) bond motifs is 10. The molecule has 105 heavy (non-hydrogen) atoms. The molecule has 6 aliphatic carbocycles. The Morgan fingerprint density at radius 1 is 0.429 bits per heavy atom. The third kappa shape index (κ3) is 18.2. The summed E-state index contributed by atoms with van der Waals surface area (Å²) in [5.74, 6) is 0.0293. The number of hydrogen-bond donors (Lipinski definition) is 0. The molecule has 0 amide bonds. The van der Waals surface area contributed by atoms with Crippen LogP contribution in [0.25, 0.3) is 0 Å². The summed E-state index contributed by atoms with van der Waals surface area (Å²) in [4.78, 5) is 60.9. The van der Waals surface area contributed by atoms with E-state index < -0.39 is 24.8 Å². The Kier molecular flexibility index (Phi) is 29.0. The molecule has 2 saturated carbocycles. The van der Waals surface area contributed by atoms with Crippen molar-refractivity contribution in [2.75, 3.05) is 70.8 Å². The fourth-order valence-electron chi connectivity index (χ4n) is 21.2. The van der Waals surface area contributed by atoms with E-state index in [0.717, 1.165) is 101 Å². The summed E-state index contributed by atoms with van der Waals surface area (Å²) in [5.41, 5.74) is 2.84. The second kappa shape index (κ2) is 36.8. The third-order valence-corrected chi connectivity index (χ3v) is 26.9. The summed E-state index contributed by atoms with van der Waals surface area (Å²) in [5, 5.41) is 0. The molecule has 0 aromatic heterocycles. The van der Waals surface area contributed by atoms with Crippen LogP contribution in [-0.2, 0) is 95.0 Å². The Balaban J connectivity index is 0.000000210. The van der Waals surface area contributed by atoms with Gasteiger partial charge < -0.3 is 85.6 Å². The van der Waals surface area contributed by atoms with Gasteiger partial charge in [-0.25, -0.2) is 0 Å². The van der Waals surface area contributed by atoms with E-state index in [4.69, 9.17) is 75.8 Å². The highest BCUT2D eigenvalue weighted by Gasteiger charge is 2.56. The van der Waals surface area contributed by atoms with Gasteiger partial charge in [-0.1, -0.05) is 63.6 Å². The number of ether oxygens (including phenoxy) is 16. The minimum atomic E-state index is -0.598. The first-order valence-corrected chi connectivity index (χ1v) is 40.4. The first-order valence-electron chi connectivity index (χ1n) is 40.4. The molecule has 6 unspecified atom stereocenters. The van der Waals surface area contributed by atoms with Crippen molar-refractivity contribution in [3.05, 3.63) is 47.1 Å². The first kappa shape index (κ1) is 82.6. The van der Waals surface area contributed by atoms with Crippen LogP contribution in [0.1, 0.15) is 178 Å². The highest BCUT2D eigenvalue weighted by molar-refractivity contribution is 6.00. The molecule has 22 heteroatoms. The van der Waals surface area contributed by atoms with Gasteiger partial charge in [0.15, 0.2) is 36.7 Å². The number of nitrogens with zero attached hydrogens (tertiary/aromatic N) is 2. The molecule has 34 atom stereocenters. The lowest BCUT2D eigenvalue weighted by molar-refractivity contribution is -0.314. The molecule has 6 heterocycles. The SMILES string of the molecule is CCC1CCC[C@H](O[C@H]2CCC(N(C)C)[C@@H](C)O2)C(C)C(=O)C2=C[C@@H]3[C@@H](C=C(C)[C@@H]4C[C@@H](O[C@@H]5O[C@@H](C)[C@H](OC)[C@@H](OC)[C@H]5OC)C[C@@H]34)[C@@H]2CC(=O)O1.CCC1CCC[C@H](O[C@H]2CCC(N(C)C)[C@@H](C)O2)C(C)C(=O)C2=C[C@@H]3[C@@H](C=C[C@@H]4C[C@@H](O[C@@H]5O[C@@H](C)[C@H](OC)[C@@H](OC)[C@H]5OC)C[C@@H]34)[C@@H]2CC(=O)O1. The zero-order valence-electron chi connectivity index (χ0n) is 66.8. The number of cyclic esters (lactones) is 2. The number of esters is 2. The number of allylic oxidation sites excluding steroid dienone is 8. The molecule has 594 valence electrons. The summed E-state index contributed by atoms with van der Waals surface area (Å²) in [6.07, 6.45) is 19.4. The first-order chi connectivity index (χ1) is 50.3. The van der Waals surface area contributed by atoms with E-state index in [-0.39, 0.29) is 194 Å². The maximum atomic E-state index is 14.7.